The van der Waals surface area contributed by atoms with Crippen LogP contribution in [0.5, 0.6) is 0 Å². The van der Waals surface area contributed by atoms with Gasteiger partial charge >= 0.3 is 6.09 Å². The van der Waals surface area contributed by atoms with Gasteiger partial charge in [-0.05, 0) is 12.5 Å². The lowest BCUT2D eigenvalue weighted by molar-refractivity contribution is -0.125. The van der Waals surface area contributed by atoms with E-state index in [0.29, 0.717) is 0 Å². The summed E-state index contributed by atoms with van der Waals surface area (Å²) in [5.41, 5.74) is 0.874. The zero-order valence-electron chi connectivity index (χ0n) is 11.7. The number of carbonyl (C=O) groups is 3. The summed E-state index contributed by atoms with van der Waals surface area (Å²) >= 11 is 0. The summed E-state index contributed by atoms with van der Waals surface area (Å²) in [5, 5.41) is 2.37. The molecule has 1 aromatic rings. The van der Waals surface area contributed by atoms with Gasteiger partial charge in [0.25, 0.3) is 0 Å². The summed E-state index contributed by atoms with van der Waals surface area (Å²) in [7, 11) is 0. The topological polar surface area (TPSA) is 72.5 Å². The van der Waals surface area contributed by atoms with Gasteiger partial charge in [0.15, 0.2) is 5.78 Å². The van der Waals surface area contributed by atoms with Crippen LogP contribution in [0.3, 0.4) is 0 Å². The zero-order valence-corrected chi connectivity index (χ0v) is 11.7. The fraction of sp³-hybridized carbons (Fsp3) is 0.400. The largest absolute Gasteiger partial charge is 0.445 e. The second-order valence-electron chi connectivity index (χ2n) is 4.67. The van der Waals surface area contributed by atoms with Gasteiger partial charge in [0.05, 0.1) is 6.54 Å². The predicted octanol–water partition coefficient (Wildman–Crippen LogP) is 2.10. The van der Waals surface area contributed by atoms with E-state index in [-0.39, 0.29) is 37.1 Å². The maximum Gasteiger partial charge on any atom is 0.407 e. The fourth-order valence-electron chi connectivity index (χ4n) is 1.50. The van der Waals surface area contributed by atoms with Gasteiger partial charge in [-0.25, -0.2) is 4.79 Å². The predicted molar refractivity (Wildman–Crippen MR) is 74.1 cm³/mol. The molecule has 108 valence electrons. The van der Waals surface area contributed by atoms with Gasteiger partial charge in [0.1, 0.15) is 12.4 Å². The van der Waals surface area contributed by atoms with Crippen LogP contribution in [0.1, 0.15) is 25.8 Å². The van der Waals surface area contributed by atoms with Crippen molar-refractivity contribution in [1.82, 2.24) is 5.32 Å². The van der Waals surface area contributed by atoms with E-state index in [9.17, 15) is 14.4 Å². The molecule has 0 aliphatic heterocycles. The van der Waals surface area contributed by atoms with Gasteiger partial charge in [-0.3, -0.25) is 9.59 Å². The van der Waals surface area contributed by atoms with Gasteiger partial charge < -0.3 is 10.1 Å². The molecule has 1 amide bonds. The van der Waals surface area contributed by atoms with Gasteiger partial charge in [-0.1, -0.05) is 37.3 Å². The van der Waals surface area contributed by atoms with E-state index in [1.165, 1.54) is 6.92 Å². The van der Waals surface area contributed by atoms with Gasteiger partial charge in [0.2, 0.25) is 0 Å². The van der Waals surface area contributed by atoms with E-state index in [2.05, 4.69) is 5.32 Å². The summed E-state index contributed by atoms with van der Waals surface area (Å²) in [4.78, 5) is 33.9. The molecule has 0 saturated carbocycles. The number of rotatable bonds is 7. The Bertz CT molecular complexity index is 470. The number of benzene rings is 1. The molecule has 5 nitrogen and oxygen atoms in total. The molecule has 5 heteroatoms. The summed E-state index contributed by atoms with van der Waals surface area (Å²) in [6.45, 7) is 3.17. The van der Waals surface area contributed by atoms with Crippen molar-refractivity contribution in [3.8, 4) is 0 Å². The molecule has 0 aliphatic rings. The van der Waals surface area contributed by atoms with Gasteiger partial charge in [0, 0.05) is 12.3 Å². The smallest absolute Gasteiger partial charge is 0.407 e. The molecule has 0 radical (unpaired) electrons. The van der Waals surface area contributed by atoms with Crippen LogP contribution in [0.2, 0.25) is 0 Å². The van der Waals surface area contributed by atoms with Crippen molar-refractivity contribution in [2.45, 2.75) is 26.9 Å². The highest BCUT2D eigenvalue weighted by atomic mass is 16.5. The summed E-state index contributed by atoms with van der Waals surface area (Å²) < 4.78 is 4.96. The maximum absolute atomic E-state index is 11.5. The molecule has 0 bridgehead atoms. The van der Waals surface area contributed by atoms with E-state index in [1.807, 2.05) is 30.3 Å². The lowest BCUT2D eigenvalue weighted by atomic mass is 10.0. The number of hydrogen-bond acceptors (Lipinski definition) is 4. The number of hydrogen-bond donors (Lipinski definition) is 1. The van der Waals surface area contributed by atoms with Crippen LogP contribution in [-0.4, -0.2) is 24.2 Å². The van der Waals surface area contributed by atoms with Crippen LogP contribution >= 0.6 is 0 Å². The average molecular weight is 277 g/mol. The molecule has 0 aliphatic carbocycles. The Morgan fingerprint density at radius 2 is 1.85 bits per heavy atom. The first-order valence-corrected chi connectivity index (χ1v) is 6.45. The first kappa shape index (κ1) is 15.9. The van der Waals surface area contributed by atoms with Crippen molar-refractivity contribution in [2.75, 3.05) is 6.54 Å². The molecule has 20 heavy (non-hydrogen) atoms. The van der Waals surface area contributed by atoms with Gasteiger partial charge in [-0.2, -0.15) is 0 Å². The summed E-state index contributed by atoms with van der Waals surface area (Å²) in [6.07, 6.45) is -0.508. The molecule has 1 N–H and O–H groups in total. The van der Waals surface area contributed by atoms with E-state index in [1.54, 1.807) is 6.92 Å². The van der Waals surface area contributed by atoms with Crippen molar-refractivity contribution >= 4 is 17.7 Å². The molecule has 0 aromatic heterocycles. The number of nitrogens with one attached hydrogen (secondary N) is 1. The lowest BCUT2D eigenvalue weighted by Gasteiger charge is -2.08. The molecule has 0 spiro atoms. The standard InChI is InChI=1S/C15H19NO4/c1-11(12(2)17)8-14(18)9-16-15(19)20-10-13-6-4-3-5-7-13/h3-7,11H,8-10H2,1-2H3,(H,16,19). The SMILES string of the molecule is CC(=O)C(C)CC(=O)CNC(=O)OCc1ccccc1. The molecule has 1 rings (SSSR count). The fourth-order valence-corrected chi connectivity index (χ4v) is 1.50. The third-order valence-corrected chi connectivity index (χ3v) is 2.87. The number of ether oxygens (including phenoxy) is 1. The van der Waals surface area contributed by atoms with Crippen molar-refractivity contribution in [3.05, 3.63) is 35.9 Å². The summed E-state index contributed by atoms with van der Waals surface area (Å²) in [5.74, 6) is -0.543. The Morgan fingerprint density at radius 3 is 2.45 bits per heavy atom. The normalized spacial score (nSPS) is 11.5. The monoisotopic (exact) mass is 277 g/mol. The average Bonchev–Trinajstić information content (AvgIpc) is 2.43. The minimum atomic E-state index is -0.641. The Labute approximate surface area is 118 Å². The Balaban J connectivity index is 2.23. The second-order valence-corrected chi connectivity index (χ2v) is 4.67. The highest BCUT2D eigenvalue weighted by molar-refractivity contribution is 5.88. The van der Waals surface area contributed by atoms with E-state index in [0.717, 1.165) is 5.56 Å². The summed E-state index contributed by atoms with van der Waals surface area (Å²) in [6, 6.07) is 9.25. The number of Topliss-reactive ketones (excluding diaryl/α,β-unsaturated/α-hetero) is 2. The number of amides is 1. The van der Waals surface area contributed by atoms with Crippen molar-refractivity contribution in [2.24, 2.45) is 5.92 Å². The Kier molecular flexibility index (Phi) is 6.43. The highest BCUT2D eigenvalue weighted by Crippen LogP contribution is 2.03. The Morgan fingerprint density at radius 1 is 1.20 bits per heavy atom. The van der Waals surface area contributed by atoms with E-state index < -0.39 is 6.09 Å². The van der Waals surface area contributed by atoms with E-state index in [4.69, 9.17) is 4.74 Å². The molecule has 1 aromatic carbocycles. The van der Waals surface area contributed by atoms with Crippen molar-refractivity contribution in [3.63, 3.8) is 0 Å². The van der Waals surface area contributed by atoms with Crippen LogP contribution in [0.4, 0.5) is 4.79 Å². The van der Waals surface area contributed by atoms with Crippen LogP contribution in [-0.2, 0) is 20.9 Å². The highest BCUT2D eigenvalue weighted by Gasteiger charge is 2.14. The second kappa shape index (κ2) is 8.09. The van der Waals surface area contributed by atoms with Crippen molar-refractivity contribution in [1.29, 1.82) is 0 Å². The van der Waals surface area contributed by atoms with Gasteiger partial charge in [-0.15, -0.1) is 0 Å². The third-order valence-electron chi connectivity index (χ3n) is 2.87. The number of alkyl carbamates (subject to hydrolysis) is 1. The van der Waals surface area contributed by atoms with Crippen LogP contribution < -0.4 is 5.32 Å². The van der Waals surface area contributed by atoms with Crippen LogP contribution in [0.25, 0.3) is 0 Å². The molecule has 0 heterocycles. The number of carbonyl (C=O) groups excluding carboxylic acids is 3. The zero-order chi connectivity index (χ0) is 15.0. The Hall–Kier alpha value is -2.17. The molecule has 1 unspecified atom stereocenters. The molecular formula is C15H19NO4. The van der Waals surface area contributed by atoms with Crippen LogP contribution in [0.15, 0.2) is 30.3 Å². The third kappa shape index (κ3) is 6.13. The molecule has 0 fully saturated rings. The minimum Gasteiger partial charge on any atom is -0.445 e. The molecule has 1 atom stereocenters. The maximum atomic E-state index is 11.5. The molecular weight excluding hydrogens is 258 g/mol. The molecule has 0 saturated heterocycles. The van der Waals surface area contributed by atoms with E-state index >= 15 is 0 Å². The number of ketones is 2. The first-order valence-electron chi connectivity index (χ1n) is 6.45. The first-order chi connectivity index (χ1) is 9.49. The minimum absolute atomic E-state index is 0.0370. The lowest BCUT2D eigenvalue weighted by Crippen LogP contribution is -2.31. The van der Waals surface area contributed by atoms with Crippen molar-refractivity contribution < 1.29 is 19.1 Å². The quantitative estimate of drug-likeness (QED) is 0.828. The van der Waals surface area contributed by atoms with Crippen LogP contribution in [0, 0.1) is 5.92 Å².